The first-order chi connectivity index (χ1) is 11.2. The fraction of sp³-hybridized carbons (Fsp3) is 0.500. The van der Waals surface area contributed by atoms with E-state index in [0.717, 1.165) is 49.7 Å². The average Bonchev–Trinajstić information content (AvgIpc) is 2.83. The summed E-state index contributed by atoms with van der Waals surface area (Å²) < 4.78 is 12.7. The van der Waals surface area contributed by atoms with Gasteiger partial charge in [0.25, 0.3) is 5.56 Å². The Morgan fingerprint density at radius 3 is 2.74 bits per heavy atom. The van der Waals surface area contributed by atoms with Crippen molar-refractivity contribution in [3.8, 4) is 0 Å². The second-order valence-electron chi connectivity index (χ2n) is 6.08. The van der Waals surface area contributed by atoms with Gasteiger partial charge in [-0.1, -0.05) is 6.07 Å². The van der Waals surface area contributed by atoms with E-state index < -0.39 is 0 Å². The van der Waals surface area contributed by atoms with Crippen LogP contribution in [0.3, 0.4) is 0 Å². The van der Waals surface area contributed by atoms with Crippen molar-refractivity contribution in [1.29, 1.82) is 0 Å². The van der Waals surface area contributed by atoms with Crippen LogP contribution in [0, 0.1) is 6.92 Å². The van der Waals surface area contributed by atoms with E-state index in [1.54, 1.807) is 13.2 Å². The molecular weight excluding hydrogens is 292 g/mol. The lowest BCUT2D eigenvalue weighted by Gasteiger charge is -2.18. The number of rotatable bonds is 5. The Morgan fingerprint density at radius 2 is 2.00 bits per heavy atom. The minimum absolute atomic E-state index is 0.0657. The monoisotopic (exact) mass is 316 g/mol. The highest BCUT2D eigenvalue weighted by atomic mass is 16.5. The number of aryl methyl sites for hydroxylation is 1. The van der Waals surface area contributed by atoms with E-state index in [9.17, 15) is 4.79 Å². The van der Waals surface area contributed by atoms with Gasteiger partial charge in [-0.25, -0.2) is 0 Å². The molecule has 3 heterocycles. The third-order valence-corrected chi connectivity index (χ3v) is 4.45. The van der Waals surface area contributed by atoms with Gasteiger partial charge in [-0.15, -0.1) is 0 Å². The molecule has 0 saturated heterocycles. The van der Waals surface area contributed by atoms with Gasteiger partial charge < -0.3 is 13.7 Å². The molecule has 5 heteroatoms. The van der Waals surface area contributed by atoms with Crippen molar-refractivity contribution in [2.75, 3.05) is 26.8 Å². The summed E-state index contributed by atoms with van der Waals surface area (Å²) in [6.45, 7) is 5.89. The topological polar surface area (TPSA) is 47.6 Å². The number of hydrogen-bond donors (Lipinski definition) is 0. The Balaban J connectivity index is 1.75. The highest BCUT2D eigenvalue weighted by Gasteiger charge is 2.18. The van der Waals surface area contributed by atoms with Crippen LogP contribution < -0.4 is 5.56 Å². The maximum Gasteiger partial charge on any atom is 0.250 e. The normalized spacial score (nSPS) is 15.4. The molecule has 0 amide bonds. The molecular formula is C18H24N2O3. The number of methoxy groups -OCH3 is 1. The van der Waals surface area contributed by atoms with E-state index in [2.05, 4.69) is 4.90 Å². The van der Waals surface area contributed by atoms with Crippen molar-refractivity contribution in [1.82, 2.24) is 9.47 Å². The third-order valence-electron chi connectivity index (χ3n) is 4.45. The van der Waals surface area contributed by atoms with Gasteiger partial charge in [0.05, 0.1) is 13.2 Å². The van der Waals surface area contributed by atoms with Crippen LogP contribution in [0.2, 0.25) is 0 Å². The quantitative estimate of drug-likeness (QED) is 0.846. The van der Waals surface area contributed by atoms with E-state index in [-0.39, 0.29) is 5.56 Å². The van der Waals surface area contributed by atoms with Gasteiger partial charge in [0.1, 0.15) is 11.5 Å². The molecule has 1 aliphatic rings. The molecule has 23 heavy (non-hydrogen) atoms. The number of furan rings is 1. The molecule has 0 saturated carbocycles. The van der Waals surface area contributed by atoms with Crippen molar-refractivity contribution in [3.63, 3.8) is 0 Å². The molecule has 0 atom stereocenters. The molecule has 0 aromatic carbocycles. The first kappa shape index (κ1) is 16.0. The summed E-state index contributed by atoms with van der Waals surface area (Å²) in [7, 11) is 1.67. The van der Waals surface area contributed by atoms with Gasteiger partial charge in [-0.3, -0.25) is 9.69 Å². The lowest BCUT2D eigenvalue weighted by atomic mass is 10.1. The standard InChI is InChI=1S/C18H24N2O3/c1-14-3-5-16(23-14)13-19-9-7-15-4-6-18(21)20(11-12-22-2)17(15)8-10-19/h3-6H,7-13H2,1-2H3. The molecule has 0 spiro atoms. The van der Waals surface area contributed by atoms with Crippen LogP contribution >= 0.6 is 0 Å². The van der Waals surface area contributed by atoms with E-state index in [1.807, 2.05) is 29.7 Å². The molecule has 1 aliphatic heterocycles. The van der Waals surface area contributed by atoms with E-state index in [1.165, 1.54) is 5.56 Å². The molecule has 0 aliphatic carbocycles. The van der Waals surface area contributed by atoms with E-state index >= 15 is 0 Å². The van der Waals surface area contributed by atoms with Crippen molar-refractivity contribution in [2.24, 2.45) is 0 Å². The van der Waals surface area contributed by atoms with Crippen molar-refractivity contribution >= 4 is 0 Å². The summed E-state index contributed by atoms with van der Waals surface area (Å²) >= 11 is 0. The van der Waals surface area contributed by atoms with Crippen LogP contribution in [-0.2, 0) is 30.7 Å². The number of hydrogen-bond acceptors (Lipinski definition) is 4. The van der Waals surface area contributed by atoms with Gasteiger partial charge in [0.2, 0.25) is 0 Å². The molecule has 0 bridgehead atoms. The fourth-order valence-electron chi connectivity index (χ4n) is 3.22. The average molecular weight is 316 g/mol. The lowest BCUT2D eigenvalue weighted by Crippen LogP contribution is -2.27. The first-order valence-corrected chi connectivity index (χ1v) is 8.15. The summed E-state index contributed by atoms with van der Waals surface area (Å²) in [5.41, 5.74) is 2.50. The van der Waals surface area contributed by atoms with Crippen LogP contribution in [0.4, 0.5) is 0 Å². The Bertz CT molecular complexity index is 717. The molecule has 3 rings (SSSR count). The summed E-state index contributed by atoms with van der Waals surface area (Å²) in [5.74, 6) is 1.96. The first-order valence-electron chi connectivity index (χ1n) is 8.15. The second-order valence-corrected chi connectivity index (χ2v) is 6.08. The molecule has 2 aromatic rings. The molecule has 124 valence electrons. The van der Waals surface area contributed by atoms with E-state index in [0.29, 0.717) is 13.2 Å². The van der Waals surface area contributed by atoms with Crippen LogP contribution in [0.5, 0.6) is 0 Å². The Labute approximate surface area is 136 Å². The Morgan fingerprint density at radius 1 is 1.17 bits per heavy atom. The van der Waals surface area contributed by atoms with Crippen LogP contribution in [0.25, 0.3) is 0 Å². The van der Waals surface area contributed by atoms with E-state index in [4.69, 9.17) is 9.15 Å². The minimum Gasteiger partial charge on any atom is -0.465 e. The predicted octanol–water partition coefficient (Wildman–Crippen LogP) is 2.00. The molecule has 0 unspecified atom stereocenters. The van der Waals surface area contributed by atoms with Gasteiger partial charge >= 0.3 is 0 Å². The van der Waals surface area contributed by atoms with Crippen LogP contribution in [0.15, 0.2) is 33.5 Å². The van der Waals surface area contributed by atoms with Gasteiger partial charge in [-0.2, -0.15) is 0 Å². The zero-order valence-electron chi connectivity index (χ0n) is 13.9. The molecule has 0 radical (unpaired) electrons. The molecule has 0 N–H and O–H groups in total. The molecule has 0 fully saturated rings. The molecule has 5 nitrogen and oxygen atoms in total. The summed E-state index contributed by atoms with van der Waals surface area (Å²) in [6, 6.07) is 7.72. The zero-order valence-corrected chi connectivity index (χ0v) is 13.9. The van der Waals surface area contributed by atoms with Gasteiger partial charge in [0.15, 0.2) is 0 Å². The predicted molar refractivity (Wildman–Crippen MR) is 88.7 cm³/mol. The number of ether oxygens (including phenoxy) is 1. The van der Waals surface area contributed by atoms with Crippen molar-refractivity contribution in [3.05, 3.63) is 57.4 Å². The second kappa shape index (κ2) is 7.15. The Kier molecular flexibility index (Phi) is 4.98. The SMILES string of the molecule is COCCn1c2c(ccc1=O)CCN(Cc1ccc(C)o1)CC2. The van der Waals surface area contributed by atoms with Crippen LogP contribution in [0.1, 0.15) is 22.8 Å². The smallest absolute Gasteiger partial charge is 0.250 e. The van der Waals surface area contributed by atoms with Crippen molar-refractivity contribution < 1.29 is 9.15 Å². The number of nitrogens with zero attached hydrogens (tertiary/aromatic N) is 2. The number of aromatic nitrogens is 1. The van der Waals surface area contributed by atoms with Crippen LogP contribution in [-0.4, -0.2) is 36.3 Å². The summed E-state index contributed by atoms with van der Waals surface area (Å²) in [6.07, 6.45) is 1.84. The largest absolute Gasteiger partial charge is 0.465 e. The maximum absolute atomic E-state index is 12.2. The third kappa shape index (κ3) is 3.74. The minimum atomic E-state index is 0.0657. The maximum atomic E-state index is 12.2. The lowest BCUT2D eigenvalue weighted by molar-refractivity contribution is 0.185. The van der Waals surface area contributed by atoms with Crippen molar-refractivity contribution in [2.45, 2.75) is 32.9 Å². The molecule has 2 aromatic heterocycles. The fourth-order valence-corrected chi connectivity index (χ4v) is 3.22. The Hall–Kier alpha value is -1.85. The van der Waals surface area contributed by atoms with Gasteiger partial charge in [-0.05, 0) is 31.0 Å². The number of pyridine rings is 1. The highest BCUT2D eigenvalue weighted by molar-refractivity contribution is 5.23. The highest BCUT2D eigenvalue weighted by Crippen LogP contribution is 2.17. The summed E-state index contributed by atoms with van der Waals surface area (Å²) in [4.78, 5) is 14.6. The number of fused-ring (bicyclic) bond motifs is 1. The van der Waals surface area contributed by atoms with Gasteiger partial charge in [0, 0.05) is 44.9 Å². The summed E-state index contributed by atoms with van der Waals surface area (Å²) in [5, 5.41) is 0. The zero-order chi connectivity index (χ0) is 16.2.